The van der Waals surface area contributed by atoms with Crippen LogP contribution in [0.15, 0.2) is 65.1 Å². The molecule has 3 aromatic rings. The number of nitrogens with one attached hydrogen (secondary N) is 1. The predicted octanol–water partition coefficient (Wildman–Crippen LogP) is 3.53. The van der Waals surface area contributed by atoms with Crippen molar-refractivity contribution in [2.24, 2.45) is 0 Å². The highest BCUT2D eigenvalue weighted by atomic mass is 79.9. The van der Waals surface area contributed by atoms with Gasteiger partial charge in [-0.05, 0) is 40.1 Å². The Bertz CT molecular complexity index is 997. The molecule has 0 saturated carbocycles. The van der Waals surface area contributed by atoms with Crippen molar-refractivity contribution in [1.29, 1.82) is 0 Å². The smallest absolute Gasteiger partial charge is 0.330 e. The average molecular weight is 428 g/mol. The number of ether oxygens (including phenoxy) is 1. The van der Waals surface area contributed by atoms with Gasteiger partial charge in [-0.2, -0.15) is 0 Å². The van der Waals surface area contributed by atoms with E-state index in [0.29, 0.717) is 5.56 Å². The summed E-state index contributed by atoms with van der Waals surface area (Å²) in [4.78, 5) is 24.5. The lowest BCUT2D eigenvalue weighted by molar-refractivity contribution is -0.143. The number of aliphatic hydroxyl groups is 1. The van der Waals surface area contributed by atoms with Gasteiger partial charge >= 0.3 is 5.97 Å². The molecule has 0 heterocycles. The van der Waals surface area contributed by atoms with Crippen molar-refractivity contribution in [3.8, 4) is 11.1 Å². The number of methoxy groups -OCH3 is 1. The van der Waals surface area contributed by atoms with Gasteiger partial charge in [0.2, 0.25) is 0 Å². The second-order valence-corrected chi connectivity index (χ2v) is 6.86. The second kappa shape index (κ2) is 8.33. The van der Waals surface area contributed by atoms with Gasteiger partial charge in [0.1, 0.15) is 0 Å². The highest BCUT2D eigenvalue weighted by molar-refractivity contribution is 9.10. The first-order chi connectivity index (χ1) is 13.0. The van der Waals surface area contributed by atoms with Gasteiger partial charge in [-0.1, -0.05) is 58.4 Å². The summed E-state index contributed by atoms with van der Waals surface area (Å²) in [6.07, 6.45) is 0. The van der Waals surface area contributed by atoms with Crippen molar-refractivity contribution in [2.75, 3.05) is 13.7 Å². The number of hydrogen-bond donors (Lipinski definition) is 2. The van der Waals surface area contributed by atoms with Crippen molar-refractivity contribution < 1.29 is 19.4 Å². The third-order valence-corrected chi connectivity index (χ3v) is 4.77. The van der Waals surface area contributed by atoms with Gasteiger partial charge in [0.15, 0.2) is 6.04 Å². The summed E-state index contributed by atoms with van der Waals surface area (Å²) in [7, 11) is 1.21. The number of esters is 1. The van der Waals surface area contributed by atoms with Crippen LogP contribution in [0.3, 0.4) is 0 Å². The highest BCUT2D eigenvalue weighted by Gasteiger charge is 2.23. The highest BCUT2D eigenvalue weighted by Crippen LogP contribution is 2.33. The van der Waals surface area contributed by atoms with Crippen LogP contribution in [0, 0.1) is 0 Å². The molecule has 1 amide bonds. The quantitative estimate of drug-likeness (QED) is 0.610. The molecule has 0 spiro atoms. The molecule has 3 rings (SSSR count). The number of halogens is 1. The number of carbonyl (C=O) groups excluding carboxylic acids is 2. The van der Waals surface area contributed by atoms with E-state index >= 15 is 0 Å². The van der Waals surface area contributed by atoms with Crippen molar-refractivity contribution in [2.45, 2.75) is 6.04 Å². The van der Waals surface area contributed by atoms with E-state index in [0.717, 1.165) is 26.4 Å². The number of benzene rings is 3. The lowest BCUT2D eigenvalue weighted by atomic mass is 9.94. The molecule has 0 aliphatic carbocycles. The molecule has 0 aliphatic heterocycles. The minimum Gasteiger partial charge on any atom is -0.467 e. The molecule has 0 aliphatic rings. The molecular weight excluding hydrogens is 410 g/mol. The maximum atomic E-state index is 12.8. The summed E-state index contributed by atoms with van der Waals surface area (Å²) >= 11 is 3.46. The Morgan fingerprint density at radius 3 is 2.56 bits per heavy atom. The molecule has 5 nitrogen and oxygen atoms in total. The molecule has 1 atom stereocenters. The lowest BCUT2D eigenvalue weighted by Gasteiger charge is -2.17. The molecule has 0 aromatic heterocycles. The van der Waals surface area contributed by atoms with Crippen LogP contribution >= 0.6 is 15.9 Å². The number of rotatable bonds is 5. The van der Waals surface area contributed by atoms with Crippen LogP contribution in [0.2, 0.25) is 0 Å². The Kier molecular flexibility index (Phi) is 5.88. The Hall–Kier alpha value is -2.70. The Morgan fingerprint density at radius 2 is 1.81 bits per heavy atom. The standard InChI is InChI=1S/C21H18BrNO4/c1-27-21(26)19(12-24)23-20(25)17-10-9-14(22)11-18(17)16-8-4-6-13-5-2-3-7-15(13)16/h2-11,19,24H,12H2,1H3,(H,23,25)/t19-/m0/s1. The van der Waals surface area contributed by atoms with E-state index in [1.807, 2.05) is 48.5 Å². The van der Waals surface area contributed by atoms with Crippen LogP contribution in [0.4, 0.5) is 0 Å². The van der Waals surface area contributed by atoms with Crippen molar-refractivity contribution in [1.82, 2.24) is 5.32 Å². The number of hydrogen-bond acceptors (Lipinski definition) is 4. The maximum absolute atomic E-state index is 12.8. The molecule has 0 bridgehead atoms. The number of carbonyl (C=O) groups is 2. The van der Waals surface area contributed by atoms with E-state index in [4.69, 9.17) is 0 Å². The third-order valence-electron chi connectivity index (χ3n) is 4.28. The molecule has 0 unspecified atom stereocenters. The van der Waals surface area contributed by atoms with Crippen molar-refractivity contribution in [3.63, 3.8) is 0 Å². The van der Waals surface area contributed by atoms with E-state index in [9.17, 15) is 14.7 Å². The van der Waals surface area contributed by atoms with Gasteiger partial charge in [0.25, 0.3) is 5.91 Å². The van der Waals surface area contributed by atoms with Crippen LogP contribution in [0.5, 0.6) is 0 Å². The predicted molar refractivity (Wildman–Crippen MR) is 107 cm³/mol. The molecule has 27 heavy (non-hydrogen) atoms. The SMILES string of the molecule is COC(=O)[C@H](CO)NC(=O)c1ccc(Br)cc1-c1cccc2ccccc12. The maximum Gasteiger partial charge on any atom is 0.330 e. The van der Waals surface area contributed by atoms with Gasteiger partial charge in [-0.25, -0.2) is 4.79 Å². The fourth-order valence-electron chi connectivity index (χ4n) is 2.95. The average Bonchev–Trinajstić information content (AvgIpc) is 2.70. The van der Waals surface area contributed by atoms with Gasteiger partial charge in [0, 0.05) is 10.0 Å². The summed E-state index contributed by atoms with van der Waals surface area (Å²) < 4.78 is 5.44. The first kappa shape index (κ1) is 19.1. The van der Waals surface area contributed by atoms with Crippen LogP contribution < -0.4 is 5.32 Å². The fraction of sp³-hybridized carbons (Fsp3) is 0.143. The van der Waals surface area contributed by atoms with Gasteiger partial charge in [-0.15, -0.1) is 0 Å². The van der Waals surface area contributed by atoms with Gasteiger partial charge < -0.3 is 15.2 Å². The Morgan fingerprint density at radius 1 is 1.07 bits per heavy atom. The zero-order valence-corrected chi connectivity index (χ0v) is 16.2. The largest absolute Gasteiger partial charge is 0.467 e. The van der Waals surface area contributed by atoms with Crippen LogP contribution in [0.1, 0.15) is 10.4 Å². The molecule has 0 saturated heterocycles. The zero-order chi connectivity index (χ0) is 19.4. The van der Waals surface area contributed by atoms with E-state index < -0.39 is 24.5 Å². The lowest BCUT2D eigenvalue weighted by Crippen LogP contribution is -2.44. The first-order valence-electron chi connectivity index (χ1n) is 8.32. The van der Waals surface area contributed by atoms with Crippen LogP contribution in [-0.2, 0) is 9.53 Å². The monoisotopic (exact) mass is 427 g/mol. The molecule has 0 radical (unpaired) electrons. The van der Waals surface area contributed by atoms with E-state index in [-0.39, 0.29) is 0 Å². The minimum absolute atomic E-state index is 0.400. The Balaban J connectivity index is 2.08. The van der Waals surface area contributed by atoms with Crippen molar-refractivity contribution >= 4 is 38.6 Å². The van der Waals surface area contributed by atoms with Crippen molar-refractivity contribution in [3.05, 3.63) is 70.7 Å². The summed E-state index contributed by atoms with van der Waals surface area (Å²) in [5.41, 5.74) is 2.02. The zero-order valence-electron chi connectivity index (χ0n) is 14.6. The molecular formula is C21H18BrNO4. The van der Waals surface area contributed by atoms with Gasteiger partial charge in [0.05, 0.1) is 13.7 Å². The summed E-state index contributed by atoms with van der Waals surface area (Å²) in [5, 5.41) is 14.0. The minimum atomic E-state index is -1.12. The normalized spacial score (nSPS) is 11.8. The van der Waals surface area contributed by atoms with E-state index in [2.05, 4.69) is 26.0 Å². The Labute approximate surface area is 165 Å². The topological polar surface area (TPSA) is 75.6 Å². The molecule has 0 fully saturated rings. The number of amides is 1. The summed E-state index contributed by atoms with van der Waals surface area (Å²) in [6, 6.07) is 18.0. The number of aliphatic hydroxyl groups excluding tert-OH is 1. The van der Waals surface area contributed by atoms with Crippen LogP contribution in [0.25, 0.3) is 21.9 Å². The number of fused-ring (bicyclic) bond motifs is 1. The third kappa shape index (κ3) is 4.02. The molecule has 3 aromatic carbocycles. The fourth-order valence-corrected chi connectivity index (χ4v) is 3.32. The molecule has 2 N–H and O–H groups in total. The molecule has 6 heteroatoms. The molecule has 138 valence electrons. The van der Waals surface area contributed by atoms with E-state index in [1.54, 1.807) is 12.1 Å². The first-order valence-corrected chi connectivity index (χ1v) is 9.11. The second-order valence-electron chi connectivity index (χ2n) is 5.95. The summed E-state index contributed by atoms with van der Waals surface area (Å²) in [5.74, 6) is -1.16. The van der Waals surface area contributed by atoms with E-state index in [1.165, 1.54) is 7.11 Å². The van der Waals surface area contributed by atoms with Gasteiger partial charge in [-0.3, -0.25) is 4.79 Å². The summed E-state index contributed by atoms with van der Waals surface area (Å²) in [6.45, 7) is -0.543. The van der Waals surface area contributed by atoms with Crippen LogP contribution in [-0.4, -0.2) is 36.7 Å².